The highest BCUT2D eigenvalue weighted by molar-refractivity contribution is 5.93. The lowest BCUT2D eigenvalue weighted by atomic mass is 9.97. The summed E-state index contributed by atoms with van der Waals surface area (Å²) in [5, 5.41) is 2.88. The summed E-state index contributed by atoms with van der Waals surface area (Å²) in [6, 6.07) is 13.3. The minimum Gasteiger partial charge on any atom is -0.324 e. The monoisotopic (exact) mass is 353 g/mol. The van der Waals surface area contributed by atoms with Gasteiger partial charge in [0.2, 0.25) is 5.91 Å². The smallest absolute Gasteiger partial charge is 0.324 e. The molecule has 1 unspecified atom stereocenters. The van der Waals surface area contributed by atoms with Crippen LogP contribution in [0.2, 0.25) is 0 Å². The molecule has 0 spiro atoms. The van der Waals surface area contributed by atoms with Crippen molar-refractivity contribution in [2.75, 3.05) is 5.32 Å². The highest BCUT2D eigenvalue weighted by Crippen LogP contribution is 2.23. The molecule has 0 radical (unpaired) electrons. The van der Waals surface area contributed by atoms with Gasteiger partial charge in [0, 0.05) is 18.3 Å². The molecule has 0 bridgehead atoms. The molecule has 1 aromatic heterocycles. The Morgan fingerprint density at radius 1 is 1.19 bits per heavy atom. The van der Waals surface area contributed by atoms with Crippen molar-refractivity contribution < 1.29 is 9.18 Å². The van der Waals surface area contributed by atoms with Gasteiger partial charge in [0.25, 0.3) is 0 Å². The van der Waals surface area contributed by atoms with Crippen molar-refractivity contribution in [3.8, 4) is 5.69 Å². The van der Waals surface area contributed by atoms with E-state index in [1.807, 2.05) is 19.9 Å². The van der Waals surface area contributed by atoms with Crippen molar-refractivity contribution in [3.05, 3.63) is 82.3 Å². The molecule has 2 aromatic carbocycles. The van der Waals surface area contributed by atoms with Gasteiger partial charge in [-0.1, -0.05) is 31.2 Å². The van der Waals surface area contributed by atoms with Gasteiger partial charge in [0.05, 0.1) is 11.4 Å². The Labute approximate surface area is 150 Å². The topological polar surface area (TPSA) is 66.9 Å². The molecule has 3 rings (SSSR count). The molecule has 0 fully saturated rings. The minimum atomic E-state index is -0.299. The molecular weight excluding hydrogens is 333 g/mol. The maximum atomic E-state index is 13.0. The largest absolute Gasteiger partial charge is 0.330 e. The van der Waals surface area contributed by atoms with Crippen LogP contribution in [0.3, 0.4) is 0 Å². The summed E-state index contributed by atoms with van der Waals surface area (Å²) >= 11 is 0. The van der Waals surface area contributed by atoms with Crippen LogP contribution in [0.4, 0.5) is 10.1 Å². The molecule has 26 heavy (non-hydrogen) atoms. The maximum Gasteiger partial charge on any atom is 0.330 e. The predicted octanol–water partition coefficient (Wildman–Crippen LogP) is 3.75. The first-order valence-electron chi connectivity index (χ1n) is 8.37. The third kappa shape index (κ3) is 3.74. The van der Waals surface area contributed by atoms with Crippen LogP contribution in [0.5, 0.6) is 0 Å². The molecule has 5 nitrogen and oxygen atoms in total. The van der Waals surface area contributed by atoms with Crippen LogP contribution in [-0.2, 0) is 4.79 Å². The van der Waals surface area contributed by atoms with E-state index in [4.69, 9.17) is 0 Å². The number of amides is 1. The number of hydrogen-bond donors (Lipinski definition) is 2. The van der Waals surface area contributed by atoms with Gasteiger partial charge in [-0.05, 0) is 42.7 Å². The third-order valence-electron chi connectivity index (χ3n) is 4.31. The van der Waals surface area contributed by atoms with E-state index >= 15 is 0 Å². The average Bonchev–Trinajstić information content (AvgIpc) is 2.94. The Morgan fingerprint density at radius 2 is 1.88 bits per heavy atom. The van der Waals surface area contributed by atoms with Crippen LogP contribution >= 0.6 is 0 Å². The summed E-state index contributed by atoms with van der Waals surface area (Å²) < 4.78 is 14.5. The molecule has 134 valence electrons. The van der Waals surface area contributed by atoms with Gasteiger partial charge < -0.3 is 10.3 Å². The standard InChI is InChI=1S/C20H20FN3O2/c1-13(15-7-9-16(21)10-8-15)11-19(25)23-17-5-3-4-6-18(17)24-14(2)12-22-20(24)26/h3-10,12-13H,11H2,1-2H3,(H,22,26)(H,23,25). The molecule has 1 heterocycles. The number of halogens is 1. The number of para-hydroxylation sites is 2. The van der Waals surface area contributed by atoms with E-state index < -0.39 is 0 Å². The van der Waals surface area contributed by atoms with Gasteiger partial charge in [-0.3, -0.25) is 9.36 Å². The number of benzene rings is 2. The van der Waals surface area contributed by atoms with Gasteiger partial charge in [0.15, 0.2) is 0 Å². The number of aromatic amines is 1. The number of aryl methyl sites for hydroxylation is 1. The van der Waals surface area contributed by atoms with Crippen LogP contribution in [0.25, 0.3) is 5.69 Å². The number of imidazole rings is 1. The van der Waals surface area contributed by atoms with Crippen molar-refractivity contribution >= 4 is 11.6 Å². The molecule has 1 atom stereocenters. The molecule has 3 aromatic rings. The third-order valence-corrected chi connectivity index (χ3v) is 4.31. The molecule has 1 amide bonds. The van der Waals surface area contributed by atoms with Gasteiger partial charge in [-0.2, -0.15) is 0 Å². The van der Waals surface area contributed by atoms with Crippen LogP contribution in [0.1, 0.15) is 30.5 Å². The first-order valence-corrected chi connectivity index (χ1v) is 8.37. The van der Waals surface area contributed by atoms with Crippen molar-refractivity contribution in [1.29, 1.82) is 0 Å². The lowest BCUT2D eigenvalue weighted by Crippen LogP contribution is -2.20. The van der Waals surface area contributed by atoms with Crippen LogP contribution in [0.15, 0.2) is 59.5 Å². The molecule has 0 aliphatic carbocycles. The maximum absolute atomic E-state index is 13.0. The van der Waals surface area contributed by atoms with E-state index in [1.54, 1.807) is 36.5 Å². The second-order valence-corrected chi connectivity index (χ2v) is 6.29. The van der Waals surface area contributed by atoms with Crippen molar-refractivity contribution in [1.82, 2.24) is 9.55 Å². The second-order valence-electron chi connectivity index (χ2n) is 6.29. The Morgan fingerprint density at radius 3 is 2.54 bits per heavy atom. The molecule has 2 N–H and O–H groups in total. The average molecular weight is 353 g/mol. The first-order chi connectivity index (χ1) is 12.5. The summed E-state index contributed by atoms with van der Waals surface area (Å²) in [6.07, 6.45) is 1.87. The number of nitrogens with one attached hydrogen (secondary N) is 2. The summed E-state index contributed by atoms with van der Waals surface area (Å²) in [5.74, 6) is -0.526. The molecular formula is C20H20FN3O2. The fourth-order valence-corrected chi connectivity index (χ4v) is 2.92. The summed E-state index contributed by atoms with van der Waals surface area (Å²) in [4.78, 5) is 27.1. The zero-order chi connectivity index (χ0) is 18.7. The normalized spacial score (nSPS) is 12.0. The van der Waals surface area contributed by atoms with E-state index in [0.29, 0.717) is 11.4 Å². The number of carbonyl (C=O) groups is 1. The van der Waals surface area contributed by atoms with Crippen LogP contribution < -0.4 is 11.0 Å². The fourth-order valence-electron chi connectivity index (χ4n) is 2.92. The molecule has 6 heteroatoms. The number of hydrogen-bond acceptors (Lipinski definition) is 2. The summed E-state index contributed by atoms with van der Waals surface area (Å²) in [7, 11) is 0. The molecule has 0 saturated heterocycles. The van der Waals surface area contributed by atoms with Gasteiger partial charge >= 0.3 is 5.69 Å². The first kappa shape index (κ1) is 17.7. The number of H-pyrrole nitrogens is 1. The lowest BCUT2D eigenvalue weighted by molar-refractivity contribution is -0.116. The quantitative estimate of drug-likeness (QED) is 0.734. The second kappa shape index (κ2) is 7.39. The van der Waals surface area contributed by atoms with Crippen LogP contribution in [0, 0.1) is 12.7 Å². The van der Waals surface area contributed by atoms with Crippen molar-refractivity contribution in [3.63, 3.8) is 0 Å². The van der Waals surface area contributed by atoms with E-state index in [-0.39, 0.29) is 29.8 Å². The Kier molecular flexibility index (Phi) is 5.02. The van der Waals surface area contributed by atoms with E-state index in [1.165, 1.54) is 16.7 Å². The van der Waals surface area contributed by atoms with Crippen molar-refractivity contribution in [2.24, 2.45) is 0 Å². The highest BCUT2D eigenvalue weighted by atomic mass is 19.1. The van der Waals surface area contributed by atoms with Gasteiger partial charge in [-0.25, -0.2) is 9.18 Å². The number of aromatic nitrogens is 2. The Balaban J connectivity index is 1.78. The fraction of sp³-hybridized carbons (Fsp3) is 0.200. The zero-order valence-corrected chi connectivity index (χ0v) is 14.6. The molecule has 0 aliphatic heterocycles. The minimum absolute atomic E-state index is 0.0560. The van der Waals surface area contributed by atoms with E-state index in [2.05, 4.69) is 10.3 Å². The molecule has 0 aliphatic rings. The molecule has 0 saturated carbocycles. The predicted molar refractivity (Wildman–Crippen MR) is 99.2 cm³/mol. The Bertz CT molecular complexity index is 973. The van der Waals surface area contributed by atoms with Crippen molar-refractivity contribution in [2.45, 2.75) is 26.2 Å². The number of carbonyl (C=O) groups excluding carboxylic acids is 1. The summed E-state index contributed by atoms with van der Waals surface area (Å²) in [6.45, 7) is 3.73. The summed E-state index contributed by atoms with van der Waals surface area (Å²) in [5.41, 5.74) is 2.56. The SMILES string of the molecule is Cc1c[nH]c(=O)n1-c1ccccc1NC(=O)CC(C)c1ccc(F)cc1. The number of rotatable bonds is 5. The van der Waals surface area contributed by atoms with E-state index in [0.717, 1.165) is 11.3 Å². The van der Waals surface area contributed by atoms with Gasteiger partial charge in [-0.15, -0.1) is 0 Å². The van der Waals surface area contributed by atoms with Crippen LogP contribution in [-0.4, -0.2) is 15.5 Å². The number of nitrogens with zero attached hydrogens (tertiary/aromatic N) is 1. The number of anilines is 1. The zero-order valence-electron chi connectivity index (χ0n) is 14.6. The Hall–Kier alpha value is -3.15. The van der Waals surface area contributed by atoms with Gasteiger partial charge in [0.1, 0.15) is 5.82 Å². The highest BCUT2D eigenvalue weighted by Gasteiger charge is 2.15. The van der Waals surface area contributed by atoms with E-state index in [9.17, 15) is 14.0 Å². The lowest BCUT2D eigenvalue weighted by Gasteiger charge is -2.15.